The summed E-state index contributed by atoms with van der Waals surface area (Å²) >= 11 is 0. The Morgan fingerprint density at radius 1 is 1.12 bits per heavy atom. The van der Waals surface area contributed by atoms with Gasteiger partial charge in [-0.1, -0.05) is 39.5 Å². The van der Waals surface area contributed by atoms with Gasteiger partial charge in [0.15, 0.2) is 0 Å². The number of likely N-dealkylation sites (tertiary alicyclic amines) is 1. The minimum atomic E-state index is -1.22. The Hall–Kier alpha value is -3.17. The Morgan fingerprint density at radius 2 is 1.77 bits per heavy atom. The maximum atomic E-state index is 14.9. The van der Waals surface area contributed by atoms with E-state index in [-0.39, 0.29) is 37.5 Å². The van der Waals surface area contributed by atoms with E-state index < -0.39 is 41.1 Å². The summed E-state index contributed by atoms with van der Waals surface area (Å²) in [7, 11) is 0. The normalized spacial score (nSPS) is 28.1. The SMILES string of the molecule is C=CCOC(=O)[C@@H]1[C@H]2C(=O)N([C@@H](CO)CC(C)C)C(C(=O)N(CC=C)c3ccc(N(CC)CC)cc3)C23CC[C@@]1(CC)O3. The van der Waals surface area contributed by atoms with Crippen LogP contribution in [0.1, 0.15) is 60.3 Å². The number of carbonyl (C=O) groups excluding carboxylic acids is 3. The molecule has 3 fully saturated rings. The quantitative estimate of drug-likeness (QED) is 0.238. The highest BCUT2D eigenvalue weighted by Crippen LogP contribution is 2.65. The zero-order valence-corrected chi connectivity index (χ0v) is 26.5. The number of ether oxygens (including phenoxy) is 2. The predicted octanol–water partition coefficient (Wildman–Crippen LogP) is 4.34. The second kappa shape index (κ2) is 13.2. The van der Waals surface area contributed by atoms with Gasteiger partial charge in [0, 0.05) is 31.0 Å². The Balaban J connectivity index is 1.83. The molecule has 1 spiro atoms. The third-order valence-electron chi connectivity index (χ3n) is 9.67. The topological polar surface area (TPSA) is 99.6 Å². The van der Waals surface area contributed by atoms with Crippen molar-refractivity contribution in [3.8, 4) is 0 Å². The predicted molar refractivity (Wildman–Crippen MR) is 168 cm³/mol. The molecular formula is C34H49N3O6. The molecule has 2 amide bonds. The Morgan fingerprint density at radius 3 is 2.30 bits per heavy atom. The van der Waals surface area contributed by atoms with E-state index in [0.717, 1.165) is 18.8 Å². The lowest BCUT2D eigenvalue weighted by molar-refractivity contribution is -0.161. The van der Waals surface area contributed by atoms with Crippen LogP contribution in [0, 0.1) is 17.8 Å². The fourth-order valence-corrected chi connectivity index (χ4v) is 7.77. The van der Waals surface area contributed by atoms with Gasteiger partial charge in [-0.15, -0.1) is 6.58 Å². The van der Waals surface area contributed by atoms with Crippen LogP contribution in [-0.2, 0) is 23.9 Å². The number of hydrogen-bond acceptors (Lipinski definition) is 7. The lowest BCUT2D eigenvalue weighted by Crippen LogP contribution is -2.59. The molecule has 1 aromatic rings. The highest BCUT2D eigenvalue weighted by atomic mass is 16.6. The molecule has 6 atom stereocenters. The average molecular weight is 596 g/mol. The van der Waals surface area contributed by atoms with Crippen LogP contribution in [0.3, 0.4) is 0 Å². The van der Waals surface area contributed by atoms with Crippen LogP contribution in [0.5, 0.6) is 0 Å². The summed E-state index contributed by atoms with van der Waals surface area (Å²) in [5, 5.41) is 10.6. The standard InChI is InChI=1S/C34H49N3O6/c1-8-19-36(25-15-13-24(14-16-25)35(11-4)12-5)31(40)29-34-18-17-33(10-3,43-34)28(32(41)42-20-9-2)27(34)30(39)37(29)26(22-38)21-23(6)7/h8-9,13-16,23,26-29,38H,1-2,10-12,17-22H2,3-7H3/t26-,27+,28+,29?,33-,34?/m1/s1. The molecule has 3 saturated heterocycles. The van der Waals surface area contributed by atoms with Gasteiger partial charge < -0.3 is 29.3 Å². The van der Waals surface area contributed by atoms with Gasteiger partial charge in [-0.2, -0.15) is 0 Å². The van der Waals surface area contributed by atoms with Crippen LogP contribution in [0.4, 0.5) is 11.4 Å². The van der Waals surface area contributed by atoms with E-state index in [1.165, 1.54) is 6.08 Å². The number of aliphatic hydroxyl groups excluding tert-OH is 1. The first-order valence-corrected chi connectivity index (χ1v) is 15.8. The van der Waals surface area contributed by atoms with Crippen LogP contribution in [0.15, 0.2) is 49.6 Å². The van der Waals surface area contributed by atoms with Crippen molar-refractivity contribution >= 4 is 29.2 Å². The van der Waals surface area contributed by atoms with Gasteiger partial charge in [0.05, 0.1) is 24.2 Å². The molecule has 2 unspecified atom stereocenters. The number of amides is 2. The lowest BCUT2D eigenvalue weighted by atomic mass is 9.65. The third-order valence-corrected chi connectivity index (χ3v) is 9.67. The fraction of sp³-hybridized carbons (Fsp3) is 0.618. The number of fused-ring (bicyclic) bond motifs is 1. The smallest absolute Gasteiger partial charge is 0.313 e. The Bertz CT molecular complexity index is 1200. The fourth-order valence-electron chi connectivity index (χ4n) is 7.77. The molecule has 9 nitrogen and oxygen atoms in total. The number of hydrogen-bond donors (Lipinski definition) is 1. The molecule has 0 aliphatic carbocycles. The lowest BCUT2D eigenvalue weighted by Gasteiger charge is -2.40. The van der Waals surface area contributed by atoms with E-state index in [4.69, 9.17) is 9.47 Å². The van der Waals surface area contributed by atoms with Crippen molar-refractivity contribution in [2.45, 2.75) is 83.6 Å². The zero-order chi connectivity index (χ0) is 31.5. The van der Waals surface area contributed by atoms with Crippen LogP contribution in [-0.4, -0.2) is 83.9 Å². The van der Waals surface area contributed by atoms with Gasteiger partial charge in [-0.05, 0) is 69.7 Å². The first-order valence-electron chi connectivity index (χ1n) is 15.8. The van der Waals surface area contributed by atoms with Crippen LogP contribution < -0.4 is 9.80 Å². The molecule has 43 heavy (non-hydrogen) atoms. The summed E-state index contributed by atoms with van der Waals surface area (Å²) in [5.74, 6) is -2.72. The van der Waals surface area contributed by atoms with Crippen molar-refractivity contribution in [2.24, 2.45) is 17.8 Å². The highest BCUT2D eigenvalue weighted by Gasteiger charge is 2.79. The first-order chi connectivity index (χ1) is 20.6. The second-order valence-electron chi connectivity index (χ2n) is 12.4. The molecule has 0 aromatic heterocycles. The maximum Gasteiger partial charge on any atom is 0.313 e. The van der Waals surface area contributed by atoms with E-state index >= 15 is 0 Å². The molecule has 2 bridgehead atoms. The minimum absolute atomic E-state index is 0.0261. The number of aliphatic hydroxyl groups is 1. The number of rotatable bonds is 15. The number of benzene rings is 1. The summed E-state index contributed by atoms with van der Waals surface area (Å²) < 4.78 is 12.4. The molecule has 1 N–H and O–H groups in total. The summed E-state index contributed by atoms with van der Waals surface area (Å²) in [6.45, 7) is 19.4. The molecule has 9 heteroatoms. The molecule has 4 rings (SSSR count). The summed E-state index contributed by atoms with van der Waals surface area (Å²) in [6.07, 6.45) is 5.16. The highest BCUT2D eigenvalue weighted by molar-refractivity contribution is 6.05. The molecule has 3 heterocycles. The number of carbonyl (C=O) groups is 3. The van der Waals surface area contributed by atoms with E-state index in [9.17, 15) is 19.5 Å². The number of nitrogens with zero attached hydrogens (tertiary/aromatic N) is 3. The maximum absolute atomic E-state index is 14.9. The summed E-state index contributed by atoms with van der Waals surface area (Å²) in [4.78, 5) is 48.4. The molecule has 236 valence electrons. The van der Waals surface area contributed by atoms with Crippen LogP contribution >= 0.6 is 0 Å². The summed E-state index contributed by atoms with van der Waals surface area (Å²) in [5.41, 5.74) is -0.383. The summed E-state index contributed by atoms with van der Waals surface area (Å²) in [6, 6.07) is 6.19. The van der Waals surface area contributed by atoms with Gasteiger partial charge in [0.1, 0.15) is 24.2 Å². The van der Waals surface area contributed by atoms with Crippen molar-refractivity contribution in [2.75, 3.05) is 42.6 Å². The van der Waals surface area contributed by atoms with Gasteiger partial charge in [-0.25, -0.2) is 0 Å². The van der Waals surface area contributed by atoms with Crippen LogP contribution in [0.2, 0.25) is 0 Å². The first kappa shape index (κ1) is 32.7. The van der Waals surface area contributed by atoms with E-state index in [1.807, 2.05) is 45.0 Å². The van der Waals surface area contributed by atoms with Crippen molar-refractivity contribution in [3.05, 3.63) is 49.6 Å². The molecule has 3 aliphatic heterocycles. The van der Waals surface area contributed by atoms with Gasteiger partial charge in [-0.3, -0.25) is 14.4 Å². The van der Waals surface area contributed by atoms with Crippen molar-refractivity contribution in [1.29, 1.82) is 0 Å². The van der Waals surface area contributed by atoms with Crippen molar-refractivity contribution < 1.29 is 29.0 Å². The number of anilines is 2. The van der Waals surface area contributed by atoms with Crippen molar-refractivity contribution in [1.82, 2.24) is 4.90 Å². The van der Waals surface area contributed by atoms with E-state index in [2.05, 4.69) is 31.9 Å². The van der Waals surface area contributed by atoms with Crippen molar-refractivity contribution in [3.63, 3.8) is 0 Å². The van der Waals surface area contributed by atoms with Gasteiger partial charge in [0.2, 0.25) is 5.91 Å². The minimum Gasteiger partial charge on any atom is -0.461 e. The number of esters is 1. The van der Waals surface area contributed by atoms with Gasteiger partial charge in [0.25, 0.3) is 5.91 Å². The zero-order valence-electron chi connectivity index (χ0n) is 26.5. The molecule has 1 aromatic carbocycles. The Kier molecular flexibility index (Phi) is 10.1. The largest absolute Gasteiger partial charge is 0.461 e. The monoisotopic (exact) mass is 595 g/mol. The van der Waals surface area contributed by atoms with Gasteiger partial charge >= 0.3 is 5.97 Å². The molecule has 0 saturated carbocycles. The third kappa shape index (κ3) is 5.50. The second-order valence-corrected chi connectivity index (χ2v) is 12.4. The van der Waals surface area contributed by atoms with E-state index in [0.29, 0.717) is 31.4 Å². The molecule has 3 aliphatic rings. The van der Waals surface area contributed by atoms with Crippen LogP contribution in [0.25, 0.3) is 0 Å². The van der Waals surface area contributed by atoms with E-state index in [1.54, 1.807) is 15.9 Å². The molecular weight excluding hydrogens is 546 g/mol. The molecule has 0 radical (unpaired) electrons. The average Bonchev–Trinajstić information content (AvgIpc) is 3.61. The Labute approximate surface area is 256 Å².